The molecule has 0 aliphatic rings. The quantitative estimate of drug-likeness (QED) is 0.715. The highest BCUT2D eigenvalue weighted by Crippen LogP contribution is 2.32. The predicted molar refractivity (Wildman–Crippen MR) is 85.6 cm³/mol. The maximum absolute atomic E-state index is 11.6. The van der Waals surface area contributed by atoms with Gasteiger partial charge in [0.25, 0.3) is 0 Å². The first-order chi connectivity index (χ1) is 10.7. The van der Waals surface area contributed by atoms with Gasteiger partial charge < -0.3 is 9.30 Å². The Morgan fingerprint density at radius 1 is 1.36 bits per heavy atom. The monoisotopic (exact) mass is 334 g/mol. The van der Waals surface area contributed by atoms with Crippen LogP contribution in [0, 0.1) is 0 Å². The van der Waals surface area contributed by atoms with Gasteiger partial charge in [0.05, 0.1) is 35.7 Å². The third kappa shape index (κ3) is 2.93. The molecule has 0 fully saturated rings. The van der Waals surface area contributed by atoms with Crippen molar-refractivity contribution in [3.63, 3.8) is 0 Å². The van der Waals surface area contributed by atoms with Gasteiger partial charge in [-0.15, -0.1) is 21.5 Å². The van der Waals surface area contributed by atoms with Crippen molar-refractivity contribution in [2.75, 3.05) is 13.4 Å². The van der Waals surface area contributed by atoms with Gasteiger partial charge in [-0.25, -0.2) is 4.98 Å². The standard InChI is InChI=1S/C14H14N4O2S2/c1-20-12-6-4-3-5-11(12)13-16-10(8-21-13)7-18-9-15-17-14(18)22(2)19/h3-6,8-9H,7H2,1-2H3. The van der Waals surface area contributed by atoms with E-state index in [1.54, 1.807) is 35.6 Å². The molecule has 0 radical (unpaired) electrons. The largest absolute Gasteiger partial charge is 0.496 e. The van der Waals surface area contributed by atoms with Crippen LogP contribution in [-0.2, 0) is 17.3 Å². The van der Waals surface area contributed by atoms with Gasteiger partial charge in [0, 0.05) is 11.6 Å². The molecule has 8 heteroatoms. The molecule has 1 unspecified atom stereocenters. The van der Waals surface area contributed by atoms with Crippen LogP contribution < -0.4 is 4.74 Å². The number of rotatable bonds is 5. The maximum atomic E-state index is 11.6. The molecule has 0 amide bonds. The molecule has 1 atom stereocenters. The number of ether oxygens (including phenoxy) is 1. The highest BCUT2D eigenvalue weighted by molar-refractivity contribution is 7.84. The summed E-state index contributed by atoms with van der Waals surface area (Å²) in [5.74, 6) is 0.794. The van der Waals surface area contributed by atoms with Gasteiger partial charge in [0.2, 0.25) is 5.16 Å². The highest BCUT2D eigenvalue weighted by atomic mass is 32.2. The molecule has 1 aromatic carbocycles. The zero-order chi connectivity index (χ0) is 15.5. The minimum Gasteiger partial charge on any atom is -0.496 e. The highest BCUT2D eigenvalue weighted by Gasteiger charge is 2.12. The molecule has 0 N–H and O–H groups in total. The Bertz CT molecular complexity index is 813. The molecule has 6 nitrogen and oxygen atoms in total. The fourth-order valence-electron chi connectivity index (χ4n) is 2.07. The van der Waals surface area contributed by atoms with E-state index in [1.807, 2.05) is 29.6 Å². The minimum absolute atomic E-state index is 0.451. The number of methoxy groups -OCH3 is 1. The molecule has 0 aliphatic heterocycles. The fraction of sp³-hybridized carbons (Fsp3) is 0.214. The number of para-hydroxylation sites is 1. The van der Waals surface area contributed by atoms with Crippen molar-refractivity contribution in [1.29, 1.82) is 0 Å². The van der Waals surface area contributed by atoms with Gasteiger partial charge in [0.1, 0.15) is 17.1 Å². The number of aromatic nitrogens is 4. The maximum Gasteiger partial charge on any atom is 0.221 e. The Kier molecular flexibility index (Phi) is 4.30. The first-order valence-corrected chi connectivity index (χ1v) is 8.92. The summed E-state index contributed by atoms with van der Waals surface area (Å²) in [6.07, 6.45) is 3.15. The molecule has 2 aromatic heterocycles. The number of thiazole rings is 1. The molecule has 0 aliphatic carbocycles. The summed E-state index contributed by atoms with van der Waals surface area (Å²) in [5, 5.41) is 11.0. The SMILES string of the molecule is COc1ccccc1-c1nc(Cn2cnnc2S(C)=O)cs1. The van der Waals surface area contributed by atoms with Crippen molar-refractivity contribution >= 4 is 22.1 Å². The van der Waals surface area contributed by atoms with Gasteiger partial charge in [0.15, 0.2) is 0 Å². The fourth-order valence-corrected chi connectivity index (χ4v) is 3.52. The van der Waals surface area contributed by atoms with E-state index in [1.165, 1.54) is 0 Å². The van der Waals surface area contributed by atoms with Gasteiger partial charge in [-0.05, 0) is 12.1 Å². The van der Waals surface area contributed by atoms with Crippen LogP contribution >= 0.6 is 11.3 Å². The van der Waals surface area contributed by atoms with E-state index in [0.717, 1.165) is 22.0 Å². The lowest BCUT2D eigenvalue weighted by Gasteiger charge is -2.05. The molecule has 3 rings (SSSR count). The normalized spacial score (nSPS) is 12.3. The van der Waals surface area contributed by atoms with E-state index in [2.05, 4.69) is 15.2 Å². The van der Waals surface area contributed by atoms with Gasteiger partial charge in [-0.1, -0.05) is 12.1 Å². The number of nitrogens with zero attached hydrogens (tertiary/aromatic N) is 4. The average Bonchev–Trinajstić information content (AvgIpc) is 3.17. The second-order valence-electron chi connectivity index (χ2n) is 4.54. The van der Waals surface area contributed by atoms with Gasteiger partial charge >= 0.3 is 0 Å². The number of hydrogen-bond acceptors (Lipinski definition) is 6. The first-order valence-electron chi connectivity index (χ1n) is 6.48. The summed E-state index contributed by atoms with van der Waals surface area (Å²) >= 11 is 1.55. The molecule has 0 saturated carbocycles. The molecule has 0 spiro atoms. The lowest BCUT2D eigenvalue weighted by molar-refractivity contribution is 0.416. The van der Waals surface area contributed by atoms with Crippen LogP contribution in [0.4, 0.5) is 0 Å². The Balaban J connectivity index is 1.88. The van der Waals surface area contributed by atoms with Crippen LogP contribution in [0.1, 0.15) is 5.69 Å². The van der Waals surface area contributed by atoms with E-state index in [0.29, 0.717) is 11.7 Å². The molecule has 3 aromatic rings. The summed E-state index contributed by atoms with van der Waals surface area (Å²) in [4.78, 5) is 4.63. The molecule has 2 heterocycles. The molecule has 0 bridgehead atoms. The summed E-state index contributed by atoms with van der Waals surface area (Å²) in [6, 6.07) is 7.77. The topological polar surface area (TPSA) is 69.9 Å². The summed E-state index contributed by atoms with van der Waals surface area (Å²) in [5.41, 5.74) is 1.83. The Hall–Kier alpha value is -2.06. The molecule has 22 heavy (non-hydrogen) atoms. The van der Waals surface area contributed by atoms with Crippen LogP contribution in [0.25, 0.3) is 10.6 Å². The predicted octanol–water partition coefficient (Wildman–Crippen LogP) is 2.20. The summed E-state index contributed by atoms with van der Waals surface area (Å²) < 4.78 is 18.7. The van der Waals surface area contributed by atoms with Crippen LogP contribution in [0.15, 0.2) is 41.1 Å². The van der Waals surface area contributed by atoms with Crippen molar-refractivity contribution in [1.82, 2.24) is 19.7 Å². The summed E-state index contributed by atoms with van der Waals surface area (Å²) in [6.45, 7) is 0.494. The van der Waals surface area contributed by atoms with E-state index >= 15 is 0 Å². The third-order valence-corrected chi connectivity index (χ3v) is 4.81. The van der Waals surface area contributed by atoms with Crippen molar-refractivity contribution < 1.29 is 8.95 Å². The van der Waals surface area contributed by atoms with Crippen LogP contribution in [0.3, 0.4) is 0 Å². The Morgan fingerprint density at radius 2 is 2.18 bits per heavy atom. The van der Waals surface area contributed by atoms with E-state index in [-0.39, 0.29) is 0 Å². The van der Waals surface area contributed by atoms with Gasteiger partial charge in [-0.2, -0.15) is 0 Å². The zero-order valence-electron chi connectivity index (χ0n) is 12.1. The Labute approximate surface area is 134 Å². The van der Waals surface area contributed by atoms with E-state index in [9.17, 15) is 4.21 Å². The molecular weight excluding hydrogens is 320 g/mol. The molecular formula is C14H14N4O2S2. The average molecular weight is 334 g/mol. The number of hydrogen-bond donors (Lipinski definition) is 0. The number of benzene rings is 1. The van der Waals surface area contributed by atoms with Crippen molar-refractivity contribution in [2.45, 2.75) is 11.7 Å². The smallest absolute Gasteiger partial charge is 0.221 e. The third-order valence-electron chi connectivity index (χ3n) is 3.06. The summed E-state index contributed by atoms with van der Waals surface area (Å²) in [7, 11) is 0.474. The molecule has 0 saturated heterocycles. The zero-order valence-corrected chi connectivity index (χ0v) is 13.7. The van der Waals surface area contributed by atoms with E-state index in [4.69, 9.17) is 4.74 Å². The van der Waals surface area contributed by atoms with E-state index < -0.39 is 10.8 Å². The lowest BCUT2D eigenvalue weighted by atomic mass is 10.2. The second-order valence-corrected chi connectivity index (χ2v) is 6.67. The van der Waals surface area contributed by atoms with Crippen LogP contribution in [0.5, 0.6) is 5.75 Å². The first kappa shape index (κ1) is 14.9. The van der Waals surface area contributed by atoms with Crippen molar-refractivity contribution in [3.05, 3.63) is 41.7 Å². The van der Waals surface area contributed by atoms with Crippen LogP contribution in [-0.4, -0.2) is 37.3 Å². The van der Waals surface area contributed by atoms with Crippen molar-refractivity contribution in [3.8, 4) is 16.3 Å². The lowest BCUT2D eigenvalue weighted by Crippen LogP contribution is -2.05. The van der Waals surface area contributed by atoms with Gasteiger partial charge in [-0.3, -0.25) is 4.21 Å². The van der Waals surface area contributed by atoms with Crippen LogP contribution in [0.2, 0.25) is 0 Å². The minimum atomic E-state index is -1.17. The van der Waals surface area contributed by atoms with Crippen molar-refractivity contribution in [2.24, 2.45) is 0 Å². The molecule has 114 valence electrons. The Morgan fingerprint density at radius 3 is 2.95 bits per heavy atom. The second kappa shape index (κ2) is 6.37.